The topological polar surface area (TPSA) is 113 Å². The van der Waals surface area contributed by atoms with E-state index < -0.39 is 21.5 Å². The van der Waals surface area contributed by atoms with Crippen LogP contribution in [-0.4, -0.2) is 43.5 Å². The fourth-order valence-electron chi connectivity index (χ4n) is 11.0. The molecule has 4 saturated carbocycles. The molecule has 3 unspecified atom stereocenters. The van der Waals surface area contributed by atoms with Crippen LogP contribution in [0.5, 0.6) is 0 Å². The number of fused-ring (bicyclic) bond motifs is 5. The first-order valence-electron chi connectivity index (χ1n) is 17.2. The standard InChI is InChI=1S/C36H57NO6S/c1-8-24-29-21-23(38)15-18-36(29,7)28-16-19-35(6)25(13-14-27(35)31(28)32(24)39)22(2)17-20-43-33(40)37-44(41,42)30-12-10-9-11-26(30)34(3,4)5/h9-12,22-25,27-29,31-32,38-39H,8,13-21H2,1-7H3,(H,37,40)/t22-,23-,24-,25-,27+,28+,29?,31?,32-,35?,36+/m1/s1. The van der Waals surface area contributed by atoms with Crippen molar-refractivity contribution in [2.75, 3.05) is 6.61 Å². The summed E-state index contributed by atoms with van der Waals surface area (Å²) in [4.78, 5) is 12.7. The van der Waals surface area contributed by atoms with Crippen LogP contribution in [0, 0.1) is 52.3 Å². The second kappa shape index (κ2) is 12.2. The maximum Gasteiger partial charge on any atom is 0.421 e. The van der Waals surface area contributed by atoms with Gasteiger partial charge in [0, 0.05) is 0 Å². The SMILES string of the molecule is CC[C@@H]1C2C[C@H](O)CC[C@@]2(C)[C@H]2CCC3(C)[C@@H]([C@H](C)CCOC(=O)NS(=O)(=O)c4ccccc4C(C)(C)C)CC[C@H]3C2[C@@H]1O. The molecule has 1 aromatic rings. The van der Waals surface area contributed by atoms with Crippen LogP contribution in [0.3, 0.4) is 0 Å². The van der Waals surface area contributed by atoms with Crippen LogP contribution in [0.4, 0.5) is 4.79 Å². The van der Waals surface area contributed by atoms with E-state index in [2.05, 4.69) is 32.4 Å². The second-order valence-corrected chi connectivity index (χ2v) is 18.0. The molecule has 1 amide bonds. The summed E-state index contributed by atoms with van der Waals surface area (Å²) in [6.07, 6.45) is 7.41. The Morgan fingerprint density at radius 1 is 1.02 bits per heavy atom. The molecule has 0 heterocycles. The lowest BCUT2D eigenvalue weighted by atomic mass is 9.41. The number of hydrogen-bond acceptors (Lipinski definition) is 6. The predicted molar refractivity (Wildman–Crippen MR) is 172 cm³/mol. The summed E-state index contributed by atoms with van der Waals surface area (Å²) in [5, 5.41) is 22.5. The summed E-state index contributed by atoms with van der Waals surface area (Å²) < 4.78 is 33.7. The van der Waals surface area contributed by atoms with Gasteiger partial charge in [0.25, 0.3) is 10.0 Å². The number of amides is 1. The minimum atomic E-state index is -4.07. The van der Waals surface area contributed by atoms with Gasteiger partial charge in [-0.1, -0.05) is 73.1 Å². The van der Waals surface area contributed by atoms with E-state index in [9.17, 15) is 23.4 Å². The molecular weight excluding hydrogens is 574 g/mol. The van der Waals surface area contributed by atoms with Crippen molar-refractivity contribution in [1.29, 1.82) is 0 Å². The van der Waals surface area contributed by atoms with Crippen LogP contribution in [0.25, 0.3) is 0 Å². The molecule has 0 bridgehead atoms. The number of rotatable bonds is 7. The van der Waals surface area contributed by atoms with Crippen LogP contribution in [-0.2, 0) is 20.2 Å². The molecule has 44 heavy (non-hydrogen) atoms. The van der Waals surface area contributed by atoms with Crippen molar-refractivity contribution in [3.05, 3.63) is 29.8 Å². The van der Waals surface area contributed by atoms with E-state index in [4.69, 9.17) is 4.74 Å². The largest absolute Gasteiger partial charge is 0.449 e. The monoisotopic (exact) mass is 631 g/mol. The highest BCUT2D eigenvalue weighted by atomic mass is 32.2. The molecule has 4 aliphatic carbocycles. The third-order valence-electron chi connectivity index (χ3n) is 13.2. The Bertz CT molecular complexity index is 1310. The zero-order valence-corrected chi connectivity index (χ0v) is 28.8. The predicted octanol–water partition coefficient (Wildman–Crippen LogP) is 7.05. The maximum absolute atomic E-state index is 13.1. The highest BCUT2D eigenvalue weighted by molar-refractivity contribution is 7.90. The Morgan fingerprint density at radius 2 is 1.68 bits per heavy atom. The van der Waals surface area contributed by atoms with Gasteiger partial charge < -0.3 is 14.9 Å². The van der Waals surface area contributed by atoms with Crippen molar-refractivity contribution in [3.8, 4) is 0 Å². The Kier molecular flexibility index (Phi) is 9.34. The lowest BCUT2D eigenvalue weighted by molar-refractivity contribution is -0.203. The first-order valence-corrected chi connectivity index (χ1v) is 18.7. The summed E-state index contributed by atoms with van der Waals surface area (Å²) in [5.74, 6) is 2.69. The Balaban J connectivity index is 1.22. The van der Waals surface area contributed by atoms with Crippen LogP contribution >= 0.6 is 0 Å². The summed E-state index contributed by atoms with van der Waals surface area (Å²) in [5.41, 5.74) is 0.554. The van der Waals surface area contributed by atoms with Gasteiger partial charge in [0.2, 0.25) is 0 Å². The van der Waals surface area contributed by atoms with Crippen LogP contribution in [0.15, 0.2) is 29.2 Å². The third kappa shape index (κ3) is 5.85. The summed E-state index contributed by atoms with van der Waals surface area (Å²) in [6.45, 7) is 15.4. The molecular formula is C36H57NO6S. The zero-order chi connectivity index (χ0) is 32.2. The molecule has 0 aromatic heterocycles. The molecule has 4 aliphatic rings. The van der Waals surface area contributed by atoms with E-state index in [1.54, 1.807) is 18.2 Å². The number of aliphatic hydroxyl groups is 2. The zero-order valence-electron chi connectivity index (χ0n) is 28.0. The van der Waals surface area contributed by atoms with Gasteiger partial charge in [-0.05, 0) is 121 Å². The van der Waals surface area contributed by atoms with Crippen molar-refractivity contribution < 1.29 is 28.2 Å². The minimum Gasteiger partial charge on any atom is -0.449 e. The minimum absolute atomic E-state index is 0.0955. The molecule has 5 rings (SSSR count). The lowest BCUT2D eigenvalue weighted by Gasteiger charge is -2.64. The van der Waals surface area contributed by atoms with Gasteiger partial charge in [-0.25, -0.2) is 17.9 Å². The first-order chi connectivity index (χ1) is 20.5. The van der Waals surface area contributed by atoms with Crippen LogP contribution in [0.1, 0.15) is 112 Å². The number of benzene rings is 1. The molecule has 0 spiro atoms. The van der Waals surface area contributed by atoms with Gasteiger partial charge in [0.05, 0.1) is 23.7 Å². The molecule has 1 aromatic carbocycles. The van der Waals surface area contributed by atoms with Crippen molar-refractivity contribution in [2.24, 2.45) is 52.3 Å². The van der Waals surface area contributed by atoms with E-state index in [1.807, 2.05) is 20.8 Å². The van der Waals surface area contributed by atoms with E-state index in [0.717, 1.165) is 51.4 Å². The van der Waals surface area contributed by atoms with Gasteiger partial charge in [-0.2, -0.15) is 0 Å². The molecule has 248 valence electrons. The Labute approximate surface area is 266 Å². The molecule has 3 N–H and O–H groups in total. The van der Waals surface area contributed by atoms with Crippen LogP contribution in [0.2, 0.25) is 0 Å². The van der Waals surface area contributed by atoms with Crippen molar-refractivity contribution in [2.45, 2.75) is 129 Å². The fraction of sp³-hybridized carbons (Fsp3) is 0.806. The number of hydrogen-bond donors (Lipinski definition) is 3. The summed E-state index contributed by atoms with van der Waals surface area (Å²) in [6, 6.07) is 6.76. The molecule has 0 aliphatic heterocycles. The number of aliphatic hydroxyl groups excluding tert-OH is 2. The quantitative estimate of drug-likeness (QED) is 0.297. The summed E-state index contributed by atoms with van der Waals surface area (Å²) in [7, 11) is -4.07. The number of ether oxygens (including phenoxy) is 1. The van der Waals surface area contributed by atoms with E-state index in [0.29, 0.717) is 47.5 Å². The molecule has 4 fully saturated rings. The smallest absolute Gasteiger partial charge is 0.421 e. The normalized spacial score (nSPS) is 39.5. The van der Waals surface area contributed by atoms with E-state index >= 15 is 0 Å². The van der Waals surface area contributed by atoms with Crippen LogP contribution < -0.4 is 4.72 Å². The van der Waals surface area contributed by atoms with Gasteiger partial charge in [-0.3, -0.25) is 0 Å². The average Bonchev–Trinajstić information content (AvgIpc) is 3.30. The maximum atomic E-state index is 13.1. The van der Waals surface area contributed by atoms with Gasteiger partial charge in [0.15, 0.2) is 0 Å². The number of carbonyl (C=O) groups excluding carboxylic acids is 1. The number of carbonyl (C=O) groups is 1. The van der Waals surface area contributed by atoms with E-state index in [-0.39, 0.29) is 40.5 Å². The van der Waals surface area contributed by atoms with Gasteiger partial charge in [0.1, 0.15) is 0 Å². The average molecular weight is 632 g/mol. The first kappa shape index (κ1) is 33.7. The third-order valence-corrected chi connectivity index (χ3v) is 14.5. The molecule has 0 radical (unpaired) electrons. The van der Waals surface area contributed by atoms with Gasteiger partial charge in [-0.15, -0.1) is 0 Å². The Hall–Kier alpha value is -1.64. The number of sulfonamides is 1. The molecule has 7 nitrogen and oxygen atoms in total. The number of nitrogens with one attached hydrogen (secondary N) is 1. The Morgan fingerprint density at radius 3 is 2.36 bits per heavy atom. The fourth-order valence-corrected chi connectivity index (χ4v) is 12.3. The highest BCUT2D eigenvalue weighted by Crippen LogP contribution is 2.69. The highest BCUT2D eigenvalue weighted by Gasteiger charge is 2.64. The van der Waals surface area contributed by atoms with Crippen molar-refractivity contribution >= 4 is 16.1 Å². The molecule has 11 atom stereocenters. The molecule has 8 heteroatoms. The summed E-state index contributed by atoms with van der Waals surface area (Å²) >= 11 is 0. The van der Waals surface area contributed by atoms with Crippen molar-refractivity contribution in [1.82, 2.24) is 4.72 Å². The van der Waals surface area contributed by atoms with Crippen molar-refractivity contribution in [3.63, 3.8) is 0 Å². The molecule has 0 saturated heterocycles. The van der Waals surface area contributed by atoms with E-state index in [1.165, 1.54) is 6.07 Å². The second-order valence-electron chi connectivity index (χ2n) is 16.4. The lowest BCUT2D eigenvalue weighted by Crippen LogP contribution is -2.62. The van der Waals surface area contributed by atoms with Gasteiger partial charge >= 0.3 is 6.09 Å².